The van der Waals surface area contributed by atoms with Crippen molar-refractivity contribution in [2.45, 2.75) is 57.0 Å². The molecule has 0 aromatic heterocycles. The number of hydrogen-bond donors (Lipinski definition) is 3. The fourth-order valence-electron chi connectivity index (χ4n) is 5.75. The number of benzene rings is 1. The topological polar surface area (TPSA) is 132 Å². The van der Waals surface area contributed by atoms with Crippen molar-refractivity contribution in [3.8, 4) is 0 Å². The molecule has 1 aromatic rings. The van der Waals surface area contributed by atoms with Crippen molar-refractivity contribution in [3.63, 3.8) is 0 Å². The number of carbonyl (C=O) groups excluding carboxylic acids is 4. The molecule has 4 amide bonds. The second kappa shape index (κ2) is 9.29. The molecule has 13 heteroatoms. The van der Waals surface area contributed by atoms with E-state index in [0.29, 0.717) is 11.4 Å². The van der Waals surface area contributed by atoms with Crippen molar-refractivity contribution in [2.24, 2.45) is 17.8 Å². The second-order valence-corrected chi connectivity index (χ2v) is 11.1. The van der Waals surface area contributed by atoms with Crippen LogP contribution in [0.3, 0.4) is 0 Å². The first-order chi connectivity index (χ1) is 17.0. The van der Waals surface area contributed by atoms with Crippen LogP contribution in [-0.2, 0) is 28.4 Å². The number of halogens is 2. The zero-order valence-electron chi connectivity index (χ0n) is 19.9. The van der Waals surface area contributed by atoms with Crippen LogP contribution in [0, 0.1) is 17.8 Å². The van der Waals surface area contributed by atoms with Gasteiger partial charge in [0.05, 0.1) is 47.1 Å². The van der Waals surface area contributed by atoms with Crippen LogP contribution >= 0.6 is 23.2 Å². The molecule has 1 aromatic carbocycles. The number of nitrogens with one attached hydrogen (secondary N) is 3. The fourth-order valence-corrected chi connectivity index (χ4v) is 6.12. The molecule has 3 N–H and O–H groups in total. The molecule has 4 aliphatic heterocycles. The van der Waals surface area contributed by atoms with Crippen LogP contribution in [0.4, 0.5) is 0 Å². The van der Waals surface area contributed by atoms with Gasteiger partial charge in [0.15, 0.2) is 0 Å². The maximum Gasteiger partial charge on any atom is 0.481 e. The minimum Gasteiger partial charge on any atom is -0.401 e. The van der Waals surface area contributed by atoms with E-state index in [4.69, 9.17) is 37.2 Å². The quantitative estimate of drug-likeness (QED) is 0.351. The Bertz CT molecular complexity index is 1140. The Labute approximate surface area is 218 Å². The first-order valence-corrected chi connectivity index (χ1v) is 12.6. The molecular formula is C23H26BCl2N3O7. The SMILES string of the molecule is CC(C)C[C@H](NC(=O)CNC(=O)c1cc(Cl)ccc1Cl)B1OC2C3OC(C4C(=O)NC(=O)C34)C2(C)O1. The number of hydrogen-bond acceptors (Lipinski definition) is 7. The van der Waals surface area contributed by atoms with Crippen LogP contribution in [0.2, 0.25) is 10.0 Å². The van der Waals surface area contributed by atoms with Crippen molar-refractivity contribution in [1.29, 1.82) is 0 Å². The molecule has 0 radical (unpaired) electrons. The molecule has 0 aliphatic carbocycles. The highest BCUT2D eigenvalue weighted by Gasteiger charge is 2.75. The highest BCUT2D eigenvalue weighted by atomic mass is 35.5. The molecule has 36 heavy (non-hydrogen) atoms. The molecule has 192 valence electrons. The predicted molar refractivity (Wildman–Crippen MR) is 129 cm³/mol. The summed E-state index contributed by atoms with van der Waals surface area (Å²) in [6.07, 6.45) is -1.23. The summed E-state index contributed by atoms with van der Waals surface area (Å²) in [5.74, 6) is -3.23. The van der Waals surface area contributed by atoms with Gasteiger partial charge in [-0.25, -0.2) is 0 Å². The summed E-state index contributed by atoms with van der Waals surface area (Å²) in [7, 11) is -0.810. The standard InChI is InChI=1S/C23H26BCl2N3O7/c1-9(2)6-13(28-14(30)8-27-20(31)11-7-10(25)4-5-12(11)26)24-35-19-17-15-16(22(33)29-21(15)32)18(34-17)23(19,3)36-24/h4-5,7,9,13,15-19H,6,8H2,1-3H3,(H,27,31)(H,28,30)(H,29,32,33)/t13-,15?,16?,17?,18?,19?,23?/m0/s1. The van der Waals surface area contributed by atoms with Gasteiger partial charge in [0.1, 0.15) is 11.7 Å². The number of imide groups is 1. The maximum absolute atomic E-state index is 12.8. The van der Waals surface area contributed by atoms with Crippen LogP contribution in [0.1, 0.15) is 37.6 Å². The van der Waals surface area contributed by atoms with Gasteiger partial charge < -0.3 is 24.7 Å². The van der Waals surface area contributed by atoms with E-state index in [2.05, 4.69) is 16.0 Å². The first kappa shape index (κ1) is 25.5. The fraction of sp³-hybridized carbons (Fsp3) is 0.565. The molecule has 7 atom stereocenters. The van der Waals surface area contributed by atoms with Crippen molar-refractivity contribution in [2.75, 3.05) is 6.54 Å². The Balaban J connectivity index is 1.25. The third kappa shape index (κ3) is 4.20. The van der Waals surface area contributed by atoms with Gasteiger partial charge in [-0.1, -0.05) is 37.0 Å². The Morgan fingerprint density at radius 2 is 1.89 bits per heavy atom. The second-order valence-electron chi connectivity index (χ2n) is 10.3. The van der Waals surface area contributed by atoms with Crippen LogP contribution < -0.4 is 16.0 Å². The van der Waals surface area contributed by atoms with Crippen LogP contribution in [0.5, 0.6) is 0 Å². The van der Waals surface area contributed by atoms with E-state index >= 15 is 0 Å². The summed E-state index contributed by atoms with van der Waals surface area (Å²) in [4.78, 5) is 49.9. The zero-order chi connectivity index (χ0) is 25.9. The van der Waals surface area contributed by atoms with E-state index < -0.39 is 60.6 Å². The lowest BCUT2D eigenvalue weighted by molar-refractivity contribution is -0.129. The number of carbonyl (C=O) groups is 4. The van der Waals surface area contributed by atoms with Crippen LogP contribution in [0.15, 0.2) is 18.2 Å². The predicted octanol–water partition coefficient (Wildman–Crippen LogP) is 1.13. The Morgan fingerprint density at radius 3 is 2.61 bits per heavy atom. The minimum absolute atomic E-state index is 0.165. The molecule has 6 unspecified atom stereocenters. The molecule has 0 saturated carbocycles. The Hall–Kier alpha value is -2.18. The summed E-state index contributed by atoms with van der Waals surface area (Å²) in [5.41, 5.74) is -0.769. The summed E-state index contributed by atoms with van der Waals surface area (Å²) in [5, 5.41) is 8.39. The van der Waals surface area contributed by atoms with Gasteiger partial charge in [-0.05, 0) is 37.5 Å². The van der Waals surface area contributed by atoms with E-state index in [0.717, 1.165) is 0 Å². The van der Waals surface area contributed by atoms with Crippen LogP contribution in [-0.4, -0.2) is 67.1 Å². The lowest BCUT2D eigenvalue weighted by atomic mass is 9.71. The Morgan fingerprint density at radius 1 is 1.17 bits per heavy atom. The van der Waals surface area contributed by atoms with Gasteiger partial charge in [-0.15, -0.1) is 0 Å². The van der Waals surface area contributed by atoms with E-state index in [9.17, 15) is 19.2 Å². The summed E-state index contributed by atoms with van der Waals surface area (Å²) < 4.78 is 18.5. The van der Waals surface area contributed by atoms with E-state index in [1.54, 1.807) is 6.07 Å². The Kier molecular flexibility index (Phi) is 6.57. The van der Waals surface area contributed by atoms with Crippen molar-refractivity contribution >= 4 is 53.9 Å². The largest absolute Gasteiger partial charge is 0.481 e. The average molecular weight is 538 g/mol. The lowest BCUT2D eigenvalue weighted by Gasteiger charge is -2.35. The zero-order valence-corrected chi connectivity index (χ0v) is 21.4. The highest BCUT2D eigenvalue weighted by Crippen LogP contribution is 2.56. The van der Waals surface area contributed by atoms with Crippen LogP contribution in [0.25, 0.3) is 0 Å². The smallest absolute Gasteiger partial charge is 0.401 e. The van der Waals surface area contributed by atoms with Crippen molar-refractivity contribution < 1.29 is 33.2 Å². The average Bonchev–Trinajstić information content (AvgIpc) is 3.51. The van der Waals surface area contributed by atoms with Gasteiger partial charge in [0.2, 0.25) is 17.7 Å². The number of amides is 4. The van der Waals surface area contributed by atoms with Gasteiger partial charge in [0.25, 0.3) is 5.91 Å². The molecule has 2 bridgehead atoms. The summed E-state index contributed by atoms with van der Waals surface area (Å²) >= 11 is 12.0. The third-order valence-corrected chi connectivity index (χ3v) is 7.85. The normalized spacial score (nSPS) is 32.9. The minimum atomic E-state index is -0.935. The number of rotatable bonds is 7. The van der Waals surface area contributed by atoms with E-state index in [-0.39, 0.29) is 34.9 Å². The molecule has 4 heterocycles. The molecule has 10 nitrogen and oxygen atoms in total. The lowest BCUT2D eigenvalue weighted by Crippen LogP contribution is -2.55. The summed E-state index contributed by atoms with van der Waals surface area (Å²) in [6.45, 7) is 5.52. The van der Waals surface area contributed by atoms with Crippen molar-refractivity contribution in [1.82, 2.24) is 16.0 Å². The molecule has 4 saturated heterocycles. The van der Waals surface area contributed by atoms with E-state index in [1.165, 1.54) is 12.1 Å². The molecular weight excluding hydrogens is 512 g/mol. The van der Waals surface area contributed by atoms with Gasteiger partial charge in [0, 0.05) is 5.02 Å². The molecule has 4 fully saturated rings. The maximum atomic E-state index is 12.8. The molecule has 0 spiro atoms. The first-order valence-electron chi connectivity index (χ1n) is 11.9. The molecule has 5 rings (SSSR count). The van der Waals surface area contributed by atoms with Gasteiger partial charge in [-0.3, -0.25) is 24.5 Å². The number of ether oxygens (including phenoxy) is 1. The van der Waals surface area contributed by atoms with Gasteiger partial charge >= 0.3 is 7.12 Å². The van der Waals surface area contributed by atoms with E-state index in [1.807, 2.05) is 20.8 Å². The molecule has 4 aliphatic rings. The summed E-state index contributed by atoms with van der Waals surface area (Å²) in [6, 6.07) is 4.50. The number of fused-ring (bicyclic) bond motifs is 8. The highest BCUT2D eigenvalue weighted by molar-refractivity contribution is 6.48. The van der Waals surface area contributed by atoms with Gasteiger partial charge in [-0.2, -0.15) is 0 Å². The third-order valence-electron chi connectivity index (χ3n) is 7.28. The van der Waals surface area contributed by atoms with Crippen molar-refractivity contribution in [3.05, 3.63) is 33.8 Å². The monoisotopic (exact) mass is 537 g/mol.